The molecule has 0 fully saturated rings. The standard InChI is InChI=1S/C26H17F2N3O4/c1-3-23(32)30-15-8-10-21(35-22-9-7-14(27)11-20(22)28)18(12-15)19-13-31(2)26(34)24-16(19)5-4-6-17(24)25(29)33/h1,4-13H,2H3,(H2,29,33)(H,30,32). The van der Waals surface area contributed by atoms with Crippen LogP contribution in [0.2, 0.25) is 0 Å². The van der Waals surface area contributed by atoms with Gasteiger partial charge in [0.2, 0.25) is 5.91 Å². The Morgan fingerprint density at radius 3 is 2.49 bits per heavy atom. The van der Waals surface area contributed by atoms with E-state index in [1.807, 2.05) is 5.92 Å². The minimum absolute atomic E-state index is 0.0220. The van der Waals surface area contributed by atoms with Gasteiger partial charge < -0.3 is 20.4 Å². The molecule has 3 aromatic carbocycles. The molecular weight excluding hydrogens is 456 g/mol. The molecule has 2 amide bonds. The monoisotopic (exact) mass is 473 g/mol. The zero-order chi connectivity index (χ0) is 25.3. The number of halogens is 2. The van der Waals surface area contributed by atoms with Crippen molar-refractivity contribution >= 4 is 28.3 Å². The number of rotatable bonds is 5. The van der Waals surface area contributed by atoms with Crippen LogP contribution in [0.25, 0.3) is 21.9 Å². The summed E-state index contributed by atoms with van der Waals surface area (Å²) in [6, 6.07) is 11.9. The molecule has 3 N–H and O–H groups in total. The van der Waals surface area contributed by atoms with E-state index in [1.165, 1.54) is 42.1 Å². The van der Waals surface area contributed by atoms with Crippen LogP contribution in [-0.4, -0.2) is 16.4 Å². The lowest BCUT2D eigenvalue weighted by molar-refractivity contribution is -0.111. The summed E-state index contributed by atoms with van der Waals surface area (Å²) >= 11 is 0. The number of hydrogen-bond acceptors (Lipinski definition) is 4. The second-order valence-electron chi connectivity index (χ2n) is 7.54. The fourth-order valence-electron chi connectivity index (χ4n) is 3.68. The average molecular weight is 473 g/mol. The molecule has 0 saturated heterocycles. The van der Waals surface area contributed by atoms with Crippen molar-refractivity contribution in [1.82, 2.24) is 4.57 Å². The number of nitrogens with one attached hydrogen (secondary N) is 1. The zero-order valence-electron chi connectivity index (χ0n) is 18.3. The van der Waals surface area contributed by atoms with Crippen LogP contribution < -0.4 is 21.3 Å². The lowest BCUT2D eigenvalue weighted by atomic mass is 9.96. The van der Waals surface area contributed by atoms with E-state index in [0.717, 1.165) is 12.1 Å². The summed E-state index contributed by atoms with van der Waals surface area (Å²) in [7, 11) is 1.49. The van der Waals surface area contributed by atoms with Gasteiger partial charge in [-0.05, 0) is 47.7 Å². The smallest absolute Gasteiger partial charge is 0.300 e. The summed E-state index contributed by atoms with van der Waals surface area (Å²) in [6.07, 6.45) is 6.65. The van der Waals surface area contributed by atoms with Crippen molar-refractivity contribution in [2.75, 3.05) is 5.32 Å². The van der Waals surface area contributed by atoms with Crippen molar-refractivity contribution in [2.45, 2.75) is 0 Å². The van der Waals surface area contributed by atoms with Gasteiger partial charge in [-0.1, -0.05) is 12.1 Å². The summed E-state index contributed by atoms with van der Waals surface area (Å²) in [5.41, 5.74) is 6.09. The molecule has 4 aromatic rings. The first kappa shape index (κ1) is 23.2. The number of primary amides is 1. The number of fused-ring (bicyclic) bond motifs is 1. The first-order valence-electron chi connectivity index (χ1n) is 10.2. The molecule has 1 heterocycles. The van der Waals surface area contributed by atoms with Gasteiger partial charge in [-0.15, -0.1) is 6.42 Å². The molecule has 7 nitrogen and oxygen atoms in total. The topological polar surface area (TPSA) is 103 Å². The average Bonchev–Trinajstić information content (AvgIpc) is 2.83. The molecule has 0 aliphatic heterocycles. The number of nitrogens with zero attached hydrogens (tertiary/aromatic N) is 1. The summed E-state index contributed by atoms with van der Waals surface area (Å²) in [6.45, 7) is 0. The number of ether oxygens (including phenoxy) is 1. The van der Waals surface area contributed by atoms with Gasteiger partial charge in [0.1, 0.15) is 11.6 Å². The molecule has 0 saturated carbocycles. The number of aryl methyl sites for hydroxylation is 1. The molecule has 174 valence electrons. The van der Waals surface area contributed by atoms with Crippen molar-refractivity contribution in [3.63, 3.8) is 0 Å². The number of aromatic nitrogens is 1. The van der Waals surface area contributed by atoms with Crippen LogP contribution in [0.15, 0.2) is 65.6 Å². The molecule has 0 bridgehead atoms. The minimum atomic E-state index is -0.929. The molecular formula is C26H17F2N3O4. The number of benzene rings is 3. The van der Waals surface area contributed by atoms with E-state index in [2.05, 4.69) is 5.32 Å². The quantitative estimate of drug-likeness (QED) is 0.429. The Kier molecular flexibility index (Phi) is 6.04. The summed E-state index contributed by atoms with van der Waals surface area (Å²) in [5.74, 6) is -1.37. The maximum Gasteiger partial charge on any atom is 0.300 e. The number of carbonyl (C=O) groups excluding carboxylic acids is 2. The molecule has 4 rings (SSSR count). The van der Waals surface area contributed by atoms with Gasteiger partial charge in [0, 0.05) is 36.1 Å². The maximum absolute atomic E-state index is 14.3. The van der Waals surface area contributed by atoms with Crippen LogP contribution in [0.5, 0.6) is 11.5 Å². The van der Waals surface area contributed by atoms with Crippen LogP contribution in [0, 0.1) is 24.0 Å². The van der Waals surface area contributed by atoms with Crippen LogP contribution in [0.1, 0.15) is 10.4 Å². The highest BCUT2D eigenvalue weighted by Crippen LogP contribution is 2.39. The normalized spacial score (nSPS) is 10.6. The predicted molar refractivity (Wildman–Crippen MR) is 127 cm³/mol. The van der Waals surface area contributed by atoms with Gasteiger partial charge in [-0.3, -0.25) is 14.4 Å². The number of anilines is 1. The number of carbonyl (C=O) groups is 2. The number of hydrogen-bond donors (Lipinski definition) is 2. The van der Waals surface area contributed by atoms with Crippen LogP contribution >= 0.6 is 0 Å². The highest BCUT2D eigenvalue weighted by Gasteiger charge is 2.19. The third-order valence-corrected chi connectivity index (χ3v) is 5.25. The summed E-state index contributed by atoms with van der Waals surface area (Å²) < 4.78 is 34.7. The fraction of sp³-hybridized carbons (Fsp3) is 0.0385. The van der Waals surface area contributed by atoms with Crippen molar-refractivity contribution in [3.05, 3.63) is 88.3 Å². The molecule has 0 aliphatic rings. The van der Waals surface area contributed by atoms with Crippen LogP contribution in [0.4, 0.5) is 14.5 Å². The van der Waals surface area contributed by atoms with E-state index in [1.54, 1.807) is 12.1 Å². The SMILES string of the molecule is C#CC(=O)Nc1ccc(Oc2ccc(F)cc2F)c(-c2cn(C)c(=O)c3c(C(N)=O)cccc23)c1. The van der Waals surface area contributed by atoms with E-state index < -0.39 is 29.0 Å². The molecule has 0 radical (unpaired) electrons. The first-order valence-corrected chi connectivity index (χ1v) is 10.2. The molecule has 0 atom stereocenters. The van der Waals surface area contributed by atoms with Crippen molar-refractivity contribution < 1.29 is 23.1 Å². The highest BCUT2D eigenvalue weighted by molar-refractivity contribution is 6.10. The van der Waals surface area contributed by atoms with Gasteiger partial charge in [0.15, 0.2) is 11.6 Å². The molecule has 0 aliphatic carbocycles. The lowest BCUT2D eigenvalue weighted by Gasteiger charge is -2.17. The van der Waals surface area contributed by atoms with Crippen molar-refractivity contribution in [2.24, 2.45) is 12.8 Å². The molecule has 9 heteroatoms. The third kappa shape index (κ3) is 4.45. The van der Waals surface area contributed by atoms with E-state index in [9.17, 15) is 23.2 Å². The molecule has 1 aromatic heterocycles. The van der Waals surface area contributed by atoms with Gasteiger partial charge in [0.25, 0.3) is 11.5 Å². The lowest BCUT2D eigenvalue weighted by Crippen LogP contribution is -2.21. The zero-order valence-corrected chi connectivity index (χ0v) is 18.3. The summed E-state index contributed by atoms with van der Waals surface area (Å²) in [5, 5.41) is 2.97. The van der Waals surface area contributed by atoms with Crippen LogP contribution in [0.3, 0.4) is 0 Å². The Labute approximate surface area is 197 Å². The molecule has 35 heavy (non-hydrogen) atoms. The second kappa shape index (κ2) is 9.11. The largest absolute Gasteiger partial charge is 0.454 e. The molecule has 0 spiro atoms. The highest BCUT2D eigenvalue weighted by atomic mass is 19.1. The van der Waals surface area contributed by atoms with Gasteiger partial charge in [-0.25, -0.2) is 8.78 Å². The Morgan fingerprint density at radius 1 is 1.06 bits per heavy atom. The van der Waals surface area contributed by atoms with Crippen LogP contribution in [-0.2, 0) is 11.8 Å². The third-order valence-electron chi connectivity index (χ3n) is 5.25. The first-order chi connectivity index (χ1) is 16.7. The maximum atomic E-state index is 14.3. The predicted octanol–water partition coefficient (Wildman–Crippen LogP) is 3.95. The van der Waals surface area contributed by atoms with Gasteiger partial charge in [0.05, 0.1) is 10.9 Å². The number of terminal acetylenes is 1. The number of amides is 2. The van der Waals surface area contributed by atoms with Crippen molar-refractivity contribution in [3.8, 4) is 35.0 Å². The fourth-order valence-corrected chi connectivity index (χ4v) is 3.68. The van der Waals surface area contributed by atoms with E-state index in [0.29, 0.717) is 28.3 Å². The van der Waals surface area contributed by atoms with E-state index in [4.69, 9.17) is 16.9 Å². The Balaban J connectivity index is 2.01. The van der Waals surface area contributed by atoms with Crippen molar-refractivity contribution in [1.29, 1.82) is 0 Å². The molecule has 0 unspecified atom stereocenters. The minimum Gasteiger partial charge on any atom is -0.454 e. The summed E-state index contributed by atoms with van der Waals surface area (Å²) in [4.78, 5) is 36.7. The Hall–Kier alpha value is -4.97. The second-order valence-corrected chi connectivity index (χ2v) is 7.54. The van der Waals surface area contributed by atoms with E-state index in [-0.39, 0.29) is 22.4 Å². The Bertz CT molecular complexity index is 1620. The number of nitrogens with two attached hydrogens (primary N) is 1. The Morgan fingerprint density at radius 2 is 1.80 bits per heavy atom. The van der Waals surface area contributed by atoms with E-state index >= 15 is 0 Å². The number of pyridine rings is 1. The van der Waals surface area contributed by atoms with Gasteiger partial charge >= 0.3 is 0 Å². The van der Waals surface area contributed by atoms with Gasteiger partial charge in [-0.2, -0.15) is 0 Å².